The zero-order chi connectivity index (χ0) is 16.2. The molecule has 0 fully saturated rings. The first kappa shape index (κ1) is 15.1. The molecule has 3 rings (SSSR count). The maximum Gasteiger partial charge on any atom is 0.262 e. The molecule has 0 bridgehead atoms. The molecule has 2 heterocycles. The van der Waals surface area contributed by atoms with Gasteiger partial charge in [-0.2, -0.15) is 0 Å². The third kappa shape index (κ3) is 3.17. The number of fused-ring (bicyclic) bond motifs is 1. The van der Waals surface area contributed by atoms with Crippen molar-refractivity contribution >= 4 is 17.4 Å². The summed E-state index contributed by atoms with van der Waals surface area (Å²) >= 11 is 0. The summed E-state index contributed by atoms with van der Waals surface area (Å²) in [7, 11) is 0. The normalized spacial score (nSPS) is 10.7. The van der Waals surface area contributed by atoms with Gasteiger partial charge in [-0.05, 0) is 24.6 Å². The highest BCUT2D eigenvalue weighted by atomic mass is 16.5. The molecule has 0 saturated carbocycles. The minimum Gasteiger partial charge on any atom is -0.359 e. The fourth-order valence-electron chi connectivity index (χ4n) is 2.62. The van der Waals surface area contributed by atoms with Gasteiger partial charge in [-0.1, -0.05) is 36.4 Å². The minimum absolute atomic E-state index is 0.0405. The lowest BCUT2D eigenvalue weighted by Gasteiger charge is -2.09. The van der Waals surface area contributed by atoms with Crippen molar-refractivity contribution in [2.24, 2.45) is 0 Å². The summed E-state index contributed by atoms with van der Waals surface area (Å²) in [6.45, 7) is 1.98. The van der Waals surface area contributed by atoms with Crippen LogP contribution in [0.15, 0.2) is 48.5 Å². The number of aryl methyl sites for hydroxylation is 1. The second-order valence-corrected chi connectivity index (χ2v) is 5.32. The predicted molar refractivity (Wildman–Crippen MR) is 87.6 cm³/mol. The molecular weight excluding hydrogens is 292 g/mol. The Morgan fingerprint density at radius 3 is 2.70 bits per heavy atom. The van der Waals surface area contributed by atoms with Gasteiger partial charge < -0.3 is 5.32 Å². The highest BCUT2D eigenvalue weighted by Gasteiger charge is 2.14. The molecule has 118 valence electrons. The van der Waals surface area contributed by atoms with E-state index in [0.29, 0.717) is 12.2 Å². The molecule has 0 aliphatic carbocycles. The maximum absolute atomic E-state index is 11.3. The van der Waals surface area contributed by atoms with E-state index in [0.717, 1.165) is 22.6 Å². The van der Waals surface area contributed by atoms with Crippen molar-refractivity contribution in [3.63, 3.8) is 0 Å². The highest BCUT2D eigenvalue weighted by Crippen LogP contribution is 2.22. The smallest absolute Gasteiger partial charge is 0.262 e. The number of hydrogen-bond donors (Lipinski definition) is 3. The molecule has 2 aromatic heterocycles. The van der Waals surface area contributed by atoms with Gasteiger partial charge in [0.15, 0.2) is 0 Å². The number of rotatable bonds is 5. The van der Waals surface area contributed by atoms with Gasteiger partial charge in [0, 0.05) is 12.1 Å². The van der Waals surface area contributed by atoms with E-state index >= 15 is 0 Å². The van der Waals surface area contributed by atoms with Crippen molar-refractivity contribution < 1.29 is 10.0 Å². The van der Waals surface area contributed by atoms with Crippen LogP contribution in [0.25, 0.3) is 5.65 Å². The SMILES string of the molecule is Cc1cccc2nc(NCC(=O)NO)c(Cc3ccccc3)n12. The summed E-state index contributed by atoms with van der Waals surface area (Å²) in [6, 6.07) is 16.0. The van der Waals surface area contributed by atoms with Crippen molar-refractivity contribution in [2.75, 3.05) is 11.9 Å². The van der Waals surface area contributed by atoms with Gasteiger partial charge in [0.2, 0.25) is 0 Å². The van der Waals surface area contributed by atoms with Gasteiger partial charge >= 0.3 is 0 Å². The number of nitrogens with zero attached hydrogens (tertiary/aromatic N) is 2. The van der Waals surface area contributed by atoms with Crippen LogP contribution in [0.3, 0.4) is 0 Å². The third-order valence-electron chi connectivity index (χ3n) is 3.69. The first-order chi connectivity index (χ1) is 11.2. The van der Waals surface area contributed by atoms with Crippen LogP contribution in [-0.2, 0) is 11.2 Å². The van der Waals surface area contributed by atoms with Crippen molar-refractivity contribution in [1.82, 2.24) is 14.9 Å². The number of hydroxylamine groups is 1. The Morgan fingerprint density at radius 2 is 1.96 bits per heavy atom. The fourth-order valence-corrected chi connectivity index (χ4v) is 2.62. The molecule has 0 saturated heterocycles. The Hall–Kier alpha value is -2.86. The first-order valence-corrected chi connectivity index (χ1v) is 7.36. The summed E-state index contributed by atoms with van der Waals surface area (Å²) in [5.41, 5.74) is 5.65. The van der Waals surface area contributed by atoms with Crippen molar-refractivity contribution in [2.45, 2.75) is 13.3 Å². The standard InChI is InChI=1S/C17H18N4O2/c1-12-6-5-9-15-19-17(18-11-16(22)20-23)14(21(12)15)10-13-7-3-2-4-8-13/h2-9,18,23H,10-11H2,1H3,(H,20,22). The van der Waals surface area contributed by atoms with E-state index in [1.54, 1.807) is 5.48 Å². The monoisotopic (exact) mass is 310 g/mol. The van der Waals surface area contributed by atoms with Gasteiger partial charge in [0.1, 0.15) is 11.5 Å². The second kappa shape index (κ2) is 6.50. The number of pyridine rings is 1. The lowest BCUT2D eigenvalue weighted by atomic mass is 10.1. The molecular formula is C17H18N4O2. The number of hydrogen-bond acceptors (Lipinski definition) is 4. The average molecular weight is 310 g/mol. The number of aromatic nitrogens is 2. The van der Waals surface area contributed by atoms with E-state index in [2.05, 4.69) is 26.8 Å². The van der Waals surface area contributed by atoms with Crippen LogP contribution in [0.2, 0.25) is 0 Å². The zero-order valence-electron chi connectivity index (χ0n) is 12.8. The Labute approximate surface area is 133 Å². The summed E-state index contributed by atoms with van der Waals surface area (Å²) in [4.78, 5) is 15.8. The summed E-state index contributed by atoms with van der Waals surface area (Å²) in [6.07, 6.45) is 0.690. The number of anilines is 1. The summed E-state index contributed by atoms with van der Waals surface area (Å²) in [5, 5.41) is 11.6. The number of amides is 1. The van der Waals surface area contributed by atoms with E-state index in [1.165, 1.54) is 0 Å². The van der Waals surface area contributed by atoms with Gasteiger partial charge in [-0.3, -0.25) is 14.4 Å². The number of nitrogens with one attached hydrogen (secondary N) is 2. The van der Waals surface area contributed by atoms with E-state index < -0.39 is 5.91 Å². The molecule has 0 unspecified atom stereocenters. The summed E-state index contributed by atoms with van der Waals surface area (Å²) < 4.78 is 2.08. The molecule has 0 radical (unpaired) electrons. The maximum atomic E-state index is 11.3. The molecule has 3 aromatic rings. The van der Waals surface area contributed by atoms with Crippen LogP contribution in [0.1, 0.15) is 17.0 Å². The van der Waals surface area contributed by atoms with Gasteiger partial charge in [-0.15, -0.1) is 0 Å². The van der Waals surface area contributed by atoms with Gasteiger partial charge in [0.25, 0.3) is 5.91 Å². The molecule has 0 aliphatic rings. The largest absolute Gasteiger partial charge is 0.359 e. The average Bonchev–Trinajstić information content (AvgIpc) is 2.92. The van der Waals surface area contributed by atoms with Crippen LogP contribution in [0.5, 0.6) is 0 Å². The second-order valence-electron chi connectivity index (χ2n) is 5.32. The zero-order valence-corrected chi connectivity index (χ0v) is 12.8. The molecule has 0 spiro atoms. The molecule has 6 nitrogen and oxygen atoms in total. The quantitative estimate of drug-likeness (QED) is 0.498. The van der Waals surface area contributed by atoms with Crippen LogP contribution < -0.4 is 10.8 Å². The number of imidazole rings is 1. The van der Waals surface area contributed by atoms with E-state index in [4.69, 9.17) is 5.21 Å². The Morgan fingerprint density at radius 1 is 1.17 bits per heavy atom. The molecule has 3 N–H and O–H groups in total. The molecule has 1 amide bonds. The van der Waals surface area contributed by atoms with Crippen LogP contribution in [-0.4, -0.2) is 27.0 Å². The van der Waals surface area contributed by atoms with Crippen molar-refractivity contribution in [3.8, 4) is 0 Å². The minimum atomic E-state index is -0.510. The van der Waals surface area contributed by atoms with Crippen LogP contribution in [0.4, 0.5) is 5.82 Å². The number of benzene rings is 1. The van der Waals surface area contributed by atoms with Crippen molar-refractivity contribution in [1.29, 1.82) is 0 Å². The summed E-state index contributed by atoms with van der Waals surface area (Å²) in [5.74, 6) is 0.135. The number of carbonyl (C=O) groups excluding carboxylic acids is 1. The van der Waals surface area contributed by atoms with Gasteiger partial charge in [0.05, 0.1) is 12.2 Å². The molecule has 0 atom stereocenters. The predicted octanol–water partition coefficient (Wildman–Crippen LogP) is 2.15. The Balaban J connectivity index is 2.02. The van der Waals surface area contributed by atoms with Gasteiger partial charge in [-0.25, -0.2) is 10.5 Å². The topological polar surface area (TPSA) is 78.7 Å². The third-order valence-corrected chi connectivity index (χ3v) is 3.69. The van der Waals surface area contributed by atoms with Crippen LogP contribution in [0, 0.1) is 6.92 Å². The molecule has 6 heteroatoms. The highest BCUT2D eigenvalue weighted by molar-refractivity contribution is 5.79. The lowest BCUT2D eigenvalue weighted by molar-refractivity contribution is -0.127. The molecule has 0 aliphatic heterocycles. The van der Waals surface area contributed by atoms with Crippen molar-refractivity contribution in [3.05, 3.63) is 65.5 Å². The number of carbonyl (C=O) groups is 1. The van der Waals surface area contributed by atoms with E-state index in [-0.39, 0.29) is 6.54 Å². The molecule has 23 heavy (non-hydrogen) atoms. The molecule has 1 aromatic carbocycles. The lowest BCUT2D eigenvalue weighted by Crippen LogP contribution is -2.27. The van der Waals surface area contributed by atoms with Crippen LogP contribution >= 0.6 is 0 Å². The Bertz CT molecular complexity index is 827. The fraction of sp³-hybridized carbons (Fsp3) is 0.176. The van der Waals surface area contributed by atoms with E-state index in [1.807, 2.05) is 43.3 Å². The Kier molecular flexibility index (Phi) is 4.25. The van der Waals surface area contributed by atoms with E-state index in [9.17, 15) is 4.79 Å². The first-order valence-electron chi connectivity index (χ1n) is 7.36.